The number of nitrogens with zero attached hydrogens (tertiary/aromatic N) is 1. The van der Waals surface area contributed by atoms with Crippen LogP contribution in [0.1, 0.15) is 37.7 Å². The zero-order valence-electron chi connectivity index (χ0n) is 18.6. The maximum atomic E-state index is 5.16. The zero-order valence-corrected chi connectivity index (χ0v) is 18.6. The molecule has 0 atom stereocenters. The van der Waals surface area contributed by atoms with Crippen LogP contribution in [0.3, 0.4) is 0 Å². The predicted molar refractivity (Wildman–Crippen MR) is 122 cm³/mol. The monoisotopic (exact) mass is 401 g/mol. The average molecular weight is 402 g/mol. The summed E-state index contributed by atoms with van der Waals surface area (Å²) in [5.74, 6) is 0. The highest BCUT2D eigenvalue weighted by molar-refractivity contribution is 5.82. The Morgan fingerprint density at radius 2 is 1.38 bits per heavy atom. The fourth-order valence-corrected chi connectivity index (χ4v) is 3.95. The number of hydrogen-bond donors (Lipinski definition) is 0. The van der Waals surface area contributed by atoms with E-state index in [-0.39, 0.29) is 0 Å². The van der Waals surface area contributed by atoms with Crippen LogP contribution < -0.4 is 0 Å². The smallest absolute Gasteiger partial charge is 0.0589 e. The first kappa shape index (κ1) is 23.8. The third-order valence-corrected chi connectivity index (χ3v) is 5.67. The number of hydrogen-bond acceptors (Lipinski definition) is 4. The maximum absolute atomic E-state index is 5.16. The summed E-state index contributed by atoms with van der Waals surface area (Å²) >= 11 is 0. The molecule has 0 bridgehead atoms. The van der Waals surface area contributed by atoms with E-state index < -0.39 is 0 Å². The second-order valence-electron chi connectivity index (χ2n) is 7.74. The van der Waals surface area contributed by atoms with Crippen molar-refractivity contribution in [2.75, 3.05) is 54.2 Å². The Labute approximate surface area is 177 Å². The summed E-state index contributed by atoms with van der Waals surface area (Å²) in [5.41, 5.74) is 1.34. The summed E-state index contributed by atoms with van der Waals surface area (Å²) in [7, 11) is 5.28. The van der Waals surface area contributed by atoms with Gasteiger partial charge in [0.1, 0.15) is 0 Å². The third-order valence-electron chi connectivity index (χ3n) is 5.67. The first-order valence-corrected chi connectivity index (χ1v) is 11.0. The quantitative estimate of drug-likeness (QED) is 0.564. The molecule has 0 aromatic heterocycles. The summed E-state index contributed by atoms with van der Waals surface area (Å²) in [5, 5.41) is 2.61. The van der Waals surface area contributed by atoms with Crippen LogP contribution >= 0.6 is 0 Å². The highest BCUT2D eigenvalue weighted by Crippen LogP contribution is 2.22. The molecule has 0 radical (unpaired) electrons. The Kier molecular flexibility index (Phi) is 11.9. The molecule has 1 fully saturated rings. The minimum atomic E-state index is 0.768. The normalized spacial score (nSPS) is 14.8. The molecule has 162 valence electrons. The molecule has 1 aliphatic carbocycles. The lowest BCUT2D eigenvalue weighted by molar-refractivity contribution is 0.0739. The van der Waals surface area contributed by atoms with Crippen LogP contribution in [0, 0.1) is 0 Å². The van der Waals surface area contributed by atoms with E-state index in [0.29, 0.717) is 0 Å². The molecule has 4 nitrogen and oxygen atoms in total. The van der Waals surface area contributed by atoms with Gasteiger partial charge in [0.25, 0.3) is 0 Å². The number of rotatable bonds is 10. The van der Waals surface area contributed by atoms with Crippen molar-refractivity contribution in [3.05, 3.63) is 48.0 Å². The Morgan fingerprint density at radius 1 is 0.759 bits per heavy atom. The third kappa shape index (κ3) is 8.83. The van der Waals surface area contributed by atoms with E-state index >= 15 is 0 Å². The van der Waals surface area contributed by atoms with Gasteiger partial charge in [-0.05, 0) is 35.6 Å². The average Bonchev–Trinajstić information content (AvgIpc) is 2.78. The van der Waals surface area contributed by atoms with Crippen LogP contribution in [0.4, 0.5) is 0 Å². The summed E-state index contributed by atoms with van der Waals surface area (Å²) in [4.78, 5) is 2.53. The number of benzene rings is 2. The van der Waals surface area contributed by atoms with Crippen molar-refractivity contribution >= 4 is 10.8 Å². The van der Waals surface area contributed by atoms with Crippen LogP contribution in [0.25, 0.3) is 10.8 Å². The molecular weight excluding hydrogens is 362 g/mol. The van der Waals surface area contributed by atoms with Crippen LogP contribution in [0.5, 0.6) is 0 Å². The number of methoxy groups -OCH3 is 3. The molecule has 29 heavy (non-hydrogen) atoms. The standard InChI is InChI=1S/C13H14O.C12H25NO2/c1-14-9-8-11-6-7-12-4-2-3-5-13(12)10-11;1-14-10-8-13(9-11-15-2)12-6-4-3-5-7-12/h2-7,10H,8-9H2,1H3;12H,3-11H2,1-2H3. The SMILES string of the molecule is COCCN(CCOC)C1CCCCC1.COCCc1ccc2ccccc2c1. The molecule has 4 heteroatoms. The van der Waals surface area contributed by atoms with E-state index in [9.17, 15) is 0 Å². The van der Waals surface area contributed by atoms with Gasteiger partial charge in [-0.3, -0.25) is 4.90 Å². The maximum Gasteiger partial charge on any atom is 0.0589 e. The minimum Gasteiger partial charge on any atom is -0.384 e. The predicted octanol–water partition coefficient (Wildman–Crippen LogP) is 4.94. The van der Waals surface area contributed by atoms with Gasteiger partial charge in [-0.15, -0.1) is 0 Å². The van der Waals surface area contributed by atoms with Gasteiger partial charge >= 0.3 is 0 Å². The van der Waals surface area contributed by atoms with Gasteiger partial charge < -0.3 is 14.2 Å². The molecule has 0 aliphatic heterocycles. The van der Waals surface area contributed by atoms with Crippen molar-refractivity contribution in [1.29, 1.82) is 0 Å². The fourth-order valence-electron chi connectivity index (χ4n) is 3.95. The topological polar surface area (TPSA) is 30.9 Å². The Morgan fingerprint density at radius 3 is 2.00 bits per heavy atom. The Hall–Kier alpha value is -1.46. The van der Waals surface area contributed by atoms with E-state index in [1.807, 2.05) is 0 Å². The molecule has 0 spiro atoms. The molecule has 0 saturated heterocycles. The van der Waals surface area contributed by atoms with Crippen molar-refractivity contribution in [1.82, 2.24) is 4.90 Å². The zero-order chi connectivity index (χ0) is 20.7. The summed E-state index contributed by atoms with van der Waals surface area (Å²) in [6.45, 7) is 4.55. The van der Waals surface area contributed by atoms with Crippen molar-refractivity contribution in [3.8, 4) is 0 Å². The first-order valence-electron chi connectivity index (χ1n) is 11.0. The van der Waals surface area contributed by atoms with Crippen LogP contribution in [-0.4, -0.2) is 65.2 Å². The summed E-state index contributed by atoms with van der Waals surface area (Å²) < 4.78 is 15.4. The lowest BCUT2D eigenvalue weighted by Crippen LogP contribution is -2.40. The lowest BCUT2D eigenvalue weighted by Gasteiger charge is -2.34. The van der Waals surface area contributed by atoms with Crippen molar-refractivity contribution < 1.29 is 14.2 Å². The number of fused-ring (bicyclic) bond motifs is 1. The molecule has 2 aromatic carbocycles. The van der Waals surface area contributed by atoms with E-state index in [4.69, 9.17) is 14.2 Å². The molecule has 1 aliphatic rings. The Balaban J connectivity index is 0.000000207. The highest BCUT2D eigenvalue weighted by Gasteiger charge is 2.20. The molecule has 0 amide bonds. The molecule has 2 aromatic rings. The van der Waals surface area contributed by atoms with Gasteiger partial charge in [0.15, 0.2) is 0 Å². The van der Waals surface area contributed by atoms with Crippen molar-refractivity contribution in [2.24, 2.45) is 0 Å². The second kappa shape index (κ2) is 14.5. The van der Waals surface area contributed by atoms with Gasteiger partial charge in [0.05, 0.1) is 19.8 Å². The number of ether oxygens (including phenoxy) is 3. The molecule has 0 heterocycles. The Bertz CT molecular complexity index is 662. The molecule has 3 rings (SSSR count). The van der Waals surface area contributed by atoms with E-state index in [0.717, 1.165) is 45.4 Å². The van der Waals surface area contributed by atoms with Crippen molar-refractivity contribution in [2.45, 2.75) is 44.6 Å². The van der Waals surface area contributed by atoms with E-state index in [1.165, 1.54) is 48.4 Å². The molecule has 1 saturated carbocycles. The lowest BCUT2D eigenvalue weighted by atomic mass is 9.94. The van der Waals surface area contributed by atoms with Gasteiger partial charge in [-0.2, -0.15) is 0 Å². The van der Waals surface area contributed by atoms with Gasteiger partial charge in [0.2, 0.25) is 0 Å². The minimum absolute atomic E-state index is 0.768. The summed E-state index contributed by atoms with van der Waals surface area (Å²) in [6.07, 6.45) is 7.89. The highest BCUT2D eigenvalue weighted by atomic mass is 16.5. The van der Waals surface area contributed by atoms with Gasteiger partial charge in [-0.25, -0.2) is 0 Å². The van der Waals surface area contributed by atoms with E-state index in [1.54, 1.807) is 21.3 Å². The fraction of sp³-hybridized carbons (Fsp3) is 0.600. The second-order valence-corrected chi connectivity index (χ2v) is 7.74. The summed E-state index contributed by atoms with van der Waals surface area (Å²) in [6, 6.07) is 15.8. The first-order chi connectivity index (χ1) is 14.3. The van der Waals surface area contributed by atoms with Gasteiger partial charge in [0, 0.05) is 40.5 Å². The van der Waals surface area contributed by atoms with Crippen molar-refractivity contribution in [3.63, 3.8) is 0 Å². The van der Waals surface area contributed by atoms with Crippen LogP contribution in [0.2, 0.25) is 0 Å². The molecule has 0 N–H and O–H groups in total. The van der Waals surface area contributed by atoms with Crippen LogP contribution in [-0.2, 0) is 20.6 Å². The van der Waals surface area contributed by atoms with Crippen LogP contribution in [0.15, 0.2) is 42.5 Å². The molecular formula is C25H39NO3. The largest absolute Gasteiger partial charge is 0.384 e. The van der Waals surface area contributed by atoms with Gasteiger partial charge in [-0.1, -0.05) is 61.7 Å². The molecule has 0 unspecified atom stereocenters. The van der Waals surface area contributed by atoms with E-state index in [2.05, 4.69) is 47.4 Å².